The van der Waals surface area contributed by atoms with Gasteiger partial charge in [-0.3, -0.25) is 43.4 Å². The van der Waals surface area contributed by atoms with Crippen LogP contribution >= 0.6 is 0 Å². The van der Waals surface area contributed by atoms with Gasteiger partial charge in [-0.1, -0.05) is 0 Å². The summed E-state index contributed by atoms with van der Waals surface area (Å²) in [6.45, 7) is -1.80. The second kappa shape index (κ2) is 28.6. The van der Waals surface area contributed by atoms with Gasteiger partial charge in [-0.15, -0.1) is 0 Å². The van der Waals surface area contributed by atoms with Gasteiger partial charge in [0.1, 0.15) is 28.5 Å². The Kier molecular flexibility index (Phi) is 22.7. The molecule has 0 aliphatic rings. The van der Waals surface area contributed by atoms with E-state index in [0.29, 0.717) is 23.6 Å². The minimum Gasteiger partial charge on any atom is -0.549 e. The second-order valence-electron chi connectivity index (χ2n) is 18.4. The van der Waals surface area contributed by atoms with E-state index in [1.165, 1.54) is 61.1 Å². The number of carbonyl (C=O) groups excluding carboxylic acids is 10. The van der Waals surface area contributed by atoms with Gasteiger partial charge >= 0.3 is 18.5 Å². The van der Waals surface area contributed by atoms with Crippen LogP contribution in [0.25, 0.3) is 0 Å². The number of aromatic nitrogens is 5. The molecule has 0 aliphatic carbocycles. The fraction of sp³-hybridized carbons (Fsp3) is 0.388. The van der Waals surface area contributed by atoms with Crippen LogP contribution in [0.2, 0.25) is 0 Å². The van der Waals surface area contributed by atoms with Crippen molar-refractivity contribution in [1.29, 1.82) is 0 Å². The van der Waals surface area contributed by atoms with Crippen molar-refractivity contribution in [2.24, 2.45) is 35.2 Å². The van der Waals surface area contributed by atoms with E-state index in [-0.39, 0.29) is 96.7 Å². The van der Waals surface area contributed by atoms with Gasteiger partial charge in [-0.2, -0.15) is 0 Å². The predicted octanol–water partition coefficient (Wildman–Crippen LogP) is -3.13. The third-order valence-corrected chi connectivity index (χ3v) is 11.7. The number of amides is 7. The molecule has 0 atom stereocenters. The summed E-state index contributed by atoms with van der Waals surface area (Å²) < 4.78 is 7.63. The summed E-state index contributed by atoms with van der Waals surface area (Å²) in [5.74, 6) is -8.19. The van der Waals surface area contributed by atoms with Crippen LogP contribution in [0.5, 0.6) is 0 Å². The van der Waals surface area contributed by atoms with Crippen LogP contribution in [0.1, 0.15) is 73.1 Å². The molecule has 5 heterocycles. The normalized spacial score (nSPS) is 11.0. The maximum absolute atomic E-state index is 13.5. The minimum atomic E-state index is -1.56. The average Bonchev–Trinajstić information content (AvgIpc) is 4.16. The van der Waals surface area contributed by atoms with Gasteiger partial charge in [-0.25, -0.2) is 0 Å². The Morgan fingerprint density at radius 1 is 0.474 bits per heavy atom. The molecule has 0 bridgehead atoms. The van der Waals surface area contributed by atoms with Crippen molar-refractivity contribution in [2.45, 2.75) is 19.3 Å². The summed E-state index contributed by atoms with van der Waals surface area (Å²) >= 11 is 0. The van der Waals surface area contributed by atoms with Crippen molar-refractivity contribution in [3.05, 3.63) is 89.8 Å². The summed E-state index contributed by atoms with van der Waals surface area (Å²) in [4.78, 5) is 129. The number of rotatable bonds is 29. The zero-order chi connectivity index (χ0) is 56.7. The minimum absolute atomic E-state index is 0. The summed E-state index contributed by atoms with van der Waals surface area (Å²) in [6.07, 6.45) is 8.67. The molecular weight excluding hydrogens is 1060 g/mol. The number of hydrogen-bond donors (Lipinski definition) is 7. The number of aliphatic carboxylic acids is 3. The van der Waals surface area contributed by atoms with Crippen LogP contribution in [0.3, 0.4) is 0 Å². The SMILES string of the molecule is CN(C)CCCNC(=O)c1c(NC(=O)c2cc(NC(=O)c3cc(NC(=O)c4cc(NC(=O)c5cc(NC(=O)CCCNC(=O)CN(CCN(CC(=O)[O-])CC(=O)[O-])CC(=O)[O-])cn5C)cn4C)cn3C)cn2C)ccn1C.[Fe+2].[H+]. The summed E-state index contributed by atoms with van der Waals surface area (Å²) in [7, 11) is 12.0. The fourth-order valence-electron chi connectivity index (χ4n) is 8.02. The molecule has 0 aromatic carbocycles. The molecule has 0 spiro atoms. The van der Waals surface area contributed by atoms with Crippen molar-refractivity contribution >= 4 is 87.7 Å². The van der Waals surface area contributed by atoms with Gasteiger partial charge in [0.15, 0.2) is 0 Å². The third-order valence-electron chi connectivity index (χ3n) is 11.7. The Morgan fingerprint density at radius 2 is 0.859 bits per heavy atom. The first-order valence-electron chi connectivity index (χ1n) is 24.0. The Hall–Kier alpha value is -8.50. The number of carboxylic acids is 3. The molecule has 78 heavy (non-hydrogen) atoms. The molecule has 5 rings (SSSR count). The van der Waals surface area contributed by atoms with Crippen LogP contribution in [-0.4, -0.2) is 170 Å². The van der Waals surface area contributed by atoms with Gasteiger partial charge in [-0.05, 0) is 63.8 Å². The first kappa shape index (κ1) is 62.0. The van der Waals surface area contributed by atoms with Gasteiger partial charge < -0.3 is 94.7 Å². The van der Waals surface area contributed by atoms with Crippen LogP contribution < -0.4 is 52.5 Å². The molecule has 5 aromatic rings. The van der Waals surface area contributed by atoms with Gasteiger partial charge in [0.25, 0.3) is 29.5 Å². The summed E-state index contributed by atoms with van der Waals surface area (Å²) in [5.41, 5.74) is 2.48. The molecular formula is C49H63FeN15O13. The molecule has 0 fully saturated rings. The van der Waals surface area contributed by atoms with Crippen molar-refractivity contribution in [2.75, 3.05) is 99.6 Å². The maximum Gasteiger partial charge on any atom is 2.00 e. The van der Waals surface area contributed by atoms with Crippen molar-refractivity contribution in [3.63, 3.8) is 0 Å². The molecule has 5 aromatic heterocycles. The van der Waals surface area contributed by atoms with E-state index in [9.17, 15) is 63.3 Å². The van der Waals surface area contributed by atoms with Gasteiger partial charge in [0.2, 0.25) is 11.8 Å². The van der Waals surface area contributed by atoms with E-state index in [1.54, 1.807) is 58.3 Å². The Bertz CT molecular complexity index is 3010. The van der Waals surface area contributed by atoms with E-state index >= 15 is 0 Å². The van der Waals surface area contributed by atoms with Crippen LogP contribution in [0.4, 0.5) is 28.4 Å². The average molecular weight is 1130 g/mol. The van der Waals surface area contributed by atoms with E-state index in [0.717, 1.165) is 22.8 Å². The second-order valence-corrected chi connectivity index (χ2v) is 18.4. The zero-order valence-electron chi connectivity index (χ0n) is 45.0. The molecule has 0 saturated heterocycles. The molecule has 0 unspecified atom stereocenters. The largest absolute Gasteiger partial charge is 2.00 e. The topological polar surface area (TPSA) is 358 Å². The molecule has 7 N–H and O–H groups in total. The maximum atomic E-state index is 13.5. The van der Waals surface area contributed by atoms with Crippen LogP contribution in [0, 0.1) is 0 Å². The molecule has 0 saturated carbocycles. The van der Waals surface area contributed by atoms with E-state index in [2.05, 4.69) is 37.2 Å². The predicted molar refractivity (Wildman–Crippen MR) is 274 cm³/mol. The zero-order valence-corrected chi connectivity index (χ0v) is 45.1. The van der Waals surface area contributed by atoms with E-state index in [4.69, 9.17) is 0 Å². The Labute approximate surface area is 460 Å². The van der Waals surface area contributed by atoms with Crippen LogP contribution in [-0.2, 0) is 76.3 Å². The number of nitrogens with one attached hydrogen (secondary N) is 7. The smallest absolute Gasteiger partial charge is 0.549 e. The summed E-state index contributed by atoms with van der Waals surface area (Å²) in [6, 6.07) is 7.48. The number of carbonyl (C=O) groups is 10. The van der Waals surface area contributed by atoms with E-state index in [1.807, 2.05) is 19.0 Å². The molecule has 0 radical (unpaired) electrons. The standard InChI is InChI=1S/C49H65N15O13.Fe/c1-57(2)14-9-13-51-49(77)44-34(11-15-58(44)3)56-48(76)38-21-33(25-62(38)7)55-47(75)37-20-32(24-61(37)6)54-46(74)36-19-31(23-60(36)5)53-45(73)35-18-30(22-59(35)4)52-39(65)10-8-12-50-40(66)26-63(27-41(67)68)16-17-64(28-42(69)70)29-43(71)72;/h11,15,18-25H,8-10,12-14,16-17,26-29H2,1-7H3,(H,50,66)(H,51,77)(H,52,65)(H,53,73)(H,54,74)(H,55,75)(H,56,76)(H,67,68)(H,69,70)(H,71,72);/q;+2/p-2. The van der Waals surface area contributed by atoms with Crippen molar-refractivity contribution in [1.82, 2.24) is 48.2 Å². The van der Waals surface area contributed by atoms with Gasteiger partial charge in [0.05, 0.1) is 52.9 Å². The number of aryl methyl sites for hydroxylation is 5. The number of hydrogen-bond acceptors (Lipinski definition) is 16. The number of nitrogens with zero attached hydrogens (tertiary/aromatic N) is 8. The Morgan fingerprint density at radius 3 is 1.27 bits per heavy atom. The quantitative estimate of drug-likeness (QED) is 0.0184. The summed E-state index contributed by atoms with van der Waals surface area (Å²) in [5, 5.41) is 52.3. The van der Waals surface area contributed by atoms with Crippen LogP contribution in [0.15, 0.2) is 61.3 Å². The number of anilines is 5. The molecule has 28 nitrogen and oxygen atoms in total. The first-order chi connectivity index (χ1) is 36.4. The monoisotopic (exact) mass is 1130 g/mol. The third kappa shape index (κ3) is 18.4. The molecule has 29 heteroatoms. The molecule has 0 aliphatic heterocycles. The first-order valence-corrected chi connectivity index (χ1v) is 24.0. The van der Waals surface area contributed by atoms with Crippen molar-refractivity contribution in [3.8, 4) is 0 Å². The molecule has 420 valence electrons. The number of carboxylic acid groups (broad SMARTS) is 3. The van der Waals surface area contributed by atoms with E-state index < -0.39 is 79.5 Å². The van der Waals surface area contributed by atoms with Crippen molar-refractivity contribution < 1.29 is 81.8 Å². The Balaban J connectivity index is 0.00000820. The molecule has 7 amide bonds. The van der Waals surface area contributed by atoms with Gasteiger partial charge in [0, 0.05) is 118 Å². The fourth-order valence-corrected chi connectivity index (χ4v) is 8.02.